The van der Waals surface area contributed by atoms with Crippen LogP contribution in [0.2, 0.25) is 0 Å². The topological polar surface area (TPSA) is 30.5 Å². The first-order chi connectivity index (χ1) is 10.2. The lowest BCUT2D eigenvalue weighted by molar-refractivity contribution is 0.184. The molecule has 1 aliphatic rings. The maximum absolute atomic E-state index is 5.73. The highest BCUT2D eigenvalue weighted by Crippen LogP contribution is 2.16. The van der Waals surface area contributed by atoms with Gasteiger partial charge < -0.3 is 14.8 Å². The van der Waals surface area contributed by atoms with Crippen LogP contribution in [0.15, 0.2) is 24.3 Å². The molecule has 118 valence electrons. The summed E-state index contributed by atoms with van der Waals surface area (Å²) in [6.07, 6.45) is 3.55. The molecule has 1 aromatic rings. The summed E-state index contributed by atoms with van der Waals surface area (Å²) < 4.78 is 11.1. The number of benzene rings is 1. The summed E-state index contributed by atoms with van der Waals surface area (Å²) in [6, 6.07) is 8.44. The Balaban J connectivity index is 1.60. The number of hydrogen-bond acceptors (Lipinski definition) is 3. The van der Waals surface area contributed by atoms with Crippen LogP contribution in [0.25, 0.3) is 0 Å². The van der Waals surface area contributed by atoms with Crippen molar-refractivity contribution in [3.05, 3.63) is 29.8 Å². The molecule has 3 nitrogen and oxygen atoms in total. The number of ether oxygens (including phenoxy) is 2. The Morgan fingerprint density at radius 3 is 2.76 bits per heavy atom. The van der Waals surface area contributed by atoms with Crippen molar-refractivity contribution in [1.29, 1.82) is 0 Å². The predicted molar refractivity (Wildman–Crippen MR) is 86.6 cm³/mol. The first kappa shape index (κ1) is 16.3. The molecule has 0 radical (unpaired) electrons. The molecule has 1 N–H and O–H groups in total. The van der Waals surface area contributed by atoms with Gasteiger partial charge in [0.15, 0.2) is 0 Å². The van der Waals surface area contributed by atoms with E-state index in [1.54, 1.807) is 0 Å². The zero-order valence-corrected chi connectivity index (χ0v) is 13.4. The highest BCUT2D eigenvalue weighted by atomic mass is 16.5. The van der Waals surface area contributed by atoms with E-state index < -0.39 is 0 Å². The average Bonchev–Trinajstić information content (AvgIpc) is 2.98. The van der Waals surface area contributed by atoms with Crippen LogP contribution < -0.4 is 10.1 Å². The molecule has 1 heterocycles. The number of rotatable bonds is 9. The Kier molecular flexibility index (Phi) is 7.04. The lowest BCUT2D eigenvalue weighted by atomic mass is 10.1. The van der Waals surface area contributed by atoms with E-state index in [0.717, 1.165) is 51.0 Å². The van der Waals surface area contributed by atoms with Crippen LogP contribution in [0, 0.1) is 11.8 Å². The van der Waals surface area contributed by atoms with Gasteiger partial charge in [0, 0.05) is 19.8 Å². The molecular weight excluding hydrogens is 262 g/mol. The van der Waals surface area contributed by atoms with Crippen molar-refractivity contribution in [3.63, 3.8) is 0 Å². The molecule has 0 amide bonds. The first-order valence-electron chi connectivity index (χ1n) is 8.24. The predicted octanol–water partition coefficient (Wildman–Crippen LogP) is 3.63. The summed E-state index contributed by atoms with van der Waals surface area (Å²) in [5.74, 6) is 2.43. The molecule has 0 spiro atoms. The van der Waals surface area contributed by atoms with Crippen LogP contribution in [0.3, 0.4) is 0 Å². The maximum atomic E-state index is 5.73. The highest BCUT2D eigenvalue weighted by molar-refractivity contribution is 5.27. The third-order valence-electron chi connectivity index (χ3n) is 3.97. The van der Waals surface area contributed by atoms with Crippen molar-refractivity contribution in [2.75, 3.05) is 26.4 Å². The van der Waals surface area contributed by atoms with Crippen molar-refractivity contribution in [1.82, 2.24) is 5.32 Å². The fraction of sp³-hybridized carbons (Fsp3) is 0.667. The van der Waals surface area contributed by atoms with Gasteiger partial charge in [-0.1, -0.05) is 26.0 Å². The minimum absolute atomic E-state index is 0.693. The van der Waals surface area contributed by atoms with Crippen LogP contribution in [-0.4, -0.2) is 26.4 Å². The lowest BCUT2D eigenvalue weighted by Crippen LogP contribution is -2.17. The molecule has 3 heteroatoms. The van der Waals surface area contributed by atoms with E-state index in [-0.39, 0.29) is 0 Å². The van der Waals surface area contributed by atoms with Gasteiger partial charge in [-0.2, -0.15) is 0 Å². The normalized spacial score (nSPS) is 18.3. The van der Waals surface area contributed by atoms with Gasteiger partial charge in [0.1, 0.15) is 5.75 Å². The minimum atomic E-state index is 0.693. The second-order valence-electron chi connectivity index (χ2n) is 6.37. The lowest BCUT2D eigenvalue weighted by Gasteiger charge is -2.10. The molecule has 2 rings (SSSR count). The van der Waals surface area contributed by atoms with E-state index in [2.05, 4.69) is 43.4 Å². The van der Waals surface area contributed by atoms with E-state index >= 15 is 0 Å². The summed E-state index contributed by atoms with van der Waals surface area (Å²) in [4.78, 5) is 0. The molecule has 1 unspecified atom stereocenters. The Morgan fingerprint density at radius 1 is 1.29 bits per heavy atom. The van der Waals surface area contributed by atoms with Gasteiger partial charge in [0.05, 0.1) is 6.61 Å². The van der Waals surface area contributed by atoms with Gasteiger partial charge in [-0.3, -0.25) is 0 Å². The van der Waals surface area contributed by atoms with Crippen molar-refractivity contribution in [2.24, 2.45) is 11.8 Å². The van der Waals surface area contributed by atoms with Gasteiger partial charge >= 0.3 is 0 Å². The van der Waals surface area contributed by atoms with Crippen LogP contribution in [0.1, 0.15) is 38.7 Å². The summed E-state index contributed by atoms with van der Waals surface area (Å²) in [5.41, 5.74) is 1.31. The Labute approximate surface area is 129 Å². The van der Waals surface area contributed by atoms with Gasteiger partial charge in [0.25, 0.3) is 0 Å². The third kappa shape index (κ3) is 6.49. The largest absolute Gasteiger partial charge is 0.494 e. The minimum Gasteiger partial charge on any atom is -0.494 e. The van der Waals surface area contributed by atoms with E-state index in [0.29, 0.717) is 5.92 Å². The molecule has 0 bridgehead atoms. The van der Waals surface area contributed by atoms with Crippen molar-refractivity contribution in [3.8, 4) is 5.75 Å². The fourth-order valence-corrected chi connectivity index (χ4v) is 2.47. The van der Waals surface area contributed by atoms with Crippen molar-refractivity contribution >= 4 is 0 Å². The summed E-state index contributed by atoms with van der Waals surface area (Å²) in [7, 11) is 0. The number of nitrogens with one attached hydrogen (secondary N) is 1. The molecule has 1 fully saturated rings. The standard InChI is InChI=1S/C18H29NO2/c1-15(2)8-12-21-18-5-3-16(4-6-18)13-19-10-7-17-9-11-20-14-17/h3-6,15,17,19H,7-14H2,1-2H3. The average molecular weight is 291 g/mol. The molecule has 1 aromatic carbocycles. The van der Waals surface area contributed by atoms with Gasteiger partial charge in [-0.25, -0.2) is 0 Å². The van der Waals surface area contributed by atoms with Crippen molar-refractivity contribution < 1.29 is 9.47 Å². The monoisotopic (exact) mass is 291 g/mol. The fourth-order valence-electron chi connectivity index (χ4n) is 2.47. The molecule has 0 aliphatic carbocycles. The Morgan fingerprint density at radius 2 is 2.10 bits per heavy atom. The highest BCUT2D eigenvalue weighted by Gasteiger charge is 2.14. The zero-order valence-electron chi connectivity index (χ0n) is 13.4. The molecule has 1 saturated heterocycles. The number of hydrogen-bond donors (Lipinski definition) is 1. The van der Waals surface area contributed by atoms with Crippen LogP contribution >= 0.6 is 0 Å². The zero-order chi connectivity index (χ0) is 14.9. The summed E-state index contributed by atoms with van der Waals surface area (Å²) in [6.45, 7) is 9.14. The van der Waals surface area contributed by atoms with E-state index in [4.69, 9.17) is 9.47 Å². The maximum Gasteiger partial charge on any atom is 0.119 e. The second-order valence-corrected chi connectivity index (χ2v) is 6.37. The van der Waals surface area contributed by atoms with Gasteiger partial charge in [-0.15, -0.1) is 0 Å². The van der Waals surface area contributed by atoms with Gasteiger partial charge in [-0.05, 0) is 55.3 Å². The molecule has 21 heavy (non-hydrogen) atoms. The third-order valence-corrected chi connectivity index (χ3v) is 3.97. The molecular formula is C18H29NO2. The Bertz CT molecular complexity index is 383. The van der Waals surface area contributed by atoms with Crippen LogP contribution in [0.5, 0.6) is 5.75 Å². The SMILES string of the molecule is CC(C)CCOc1ccc(CNCCC2CCOC2)cc1. The quantitative estimate of drug-likeness (QED) is 0.705. The van der Waals surface area contributed by atoms with Crippen LogP contribution in [-0.2, 0) is 11.3 Å². The second kappa shape index (κ2) is 9.06. The molecule has 0 saturated carbocycles. The summed E-state index contributed by atoms with van der Waals surface area (Å²) >= 11 is 0. The molecule has 1 atom stereocenters. The van der Waals surface area contributed by atoms with E-state index in [9.17, 15) is 0 Å². The van der Waals surface area contributed by atoms with Crippen LogP contribution in [0.4, 0.5) is 0 Å². The van der Waals surface area contributed by atoms with Crippen molar-refractivity contribution in [2.45, 2.75) is 39.7 Å². The first-order valence-corrected chi connectivity index (χ1v) is 8.24. The van der Waals surface area contributed by atoms with Gasteiger partial charge in [0.2, 0.25) is 0 Å². The smallest absolute Gasteiger partial charge is 0.119 e. The van der Waals surface area contributed by atoms with E-state index in [1.807, 2.05) is 0 Å². The Hall–Kier alpha value is -1.06. The van der Waals surface area contributed by atoms with E-state index in [1.165, 1.54) is 18.4 Å². The molecule has 0 aromatic heterocycles. The molecule has 1 aliphatic heterocycles. The summed E-state index contributed by atoms with van der Waals surface area (Å²) in [5, 5.41) is 3.51.